The lowest BCUT2D eigenvalue weighted by Gasteiger charge is -2.37. The molecule has 0 atom stereocenters. The van der Waals surface area contributed by atoms with Crippen LogP contribution in [0.15, 0.2) is 36.4 Å². The summed E-state index contributed by atoms with van der Waals surface area (Å²) in [5.41, 5.74) is 2.97. The second kappa shape index (κ2) is 12.6. The van der Waals surface area contributed by atoms with E-state index in [1.165, 1.54) is 101 Å². The molecule has 0 spiro atoms. The molecule has 0 nitrogen and oxygen atoms in total. The first kappa shape index (κ1) is 22.6. The molecule has 0 heterocycles. The van der Waals surface area contributed by atoms with Crippen molar-refractivity contribution in [2.24, 2.45) is 23.7 Å². The monoisotopic (exact) mass is 394 g/mol. The van der Waals surface area contributed by atoms with Crippen LogP contribution < -0.4 is 0 Å². The zero-order valence-electron chi connectivity index (χ0n) is 19.4. The molecule has 2 aliphatic carbocycles. The molecule has 2 aliphatic rings. The summed E-state index contributed by atoms with van der Waals surface area (Å²) in [5.74, 6) is 4.13. The van der Waals surface area contributed by atoms with Gasteiger partial charge in [-0.2, -0.15) is 0 Å². The molecule has 0 N–H and O–H groups in total. The SMILES string of the molecule is CCCCCc1ccc(CC=CCC2CCC(C3CCC(CC)CC3)CC2)cc1. The van der Waals surface area contributed by atoms with Crippen LogP contribution in [-0.4, -0.2) is 0 Å². The molecule has 3 rings (SSSR count). The van der Waals surface area contributed by atoms with Crippen molar-refractivity contribution < 1.29 is 0 Å². The highest BCUT2D eigenvalue weighted by molar-refractivity contribution is 5.24. The summed E-state index contributed by atoms with van der Waals surface area (Å²) in [6, 6.07) is 9.36. The molecule has 0 radical (unpaired) electrons. The van der Waals surface area contributed by atoms with Gasteiger partial charge >= 0.3 is 0 Å². The molecule has 0 unspecified atom stereocenters. The Bertz CT molecular complexity index is 565. The molecule has 0 aliphatic heterocycles. The first-order valence-electron chi connectivity index (χ1n) is 13.0. The molecular formula is C29H46. The zero-order chi connectivity index (χ0) is 20.3. The van der Waals surface area contributed by atoms with E-state index in [0.717, 1.165) is 30.1 Å². The number of unbranched alkanes of at least 4 members (excludes halogenated alkanes) is 2. The summed E-state index contributed by atoms with van der Waals surface area (Å²) in [6.07, 6.45) is 26.1. The largest absolute Gasteiger partial charge is 0.0879 e. The van der Waals surface area contributed by atoms with E-state index in [1.54, 1.807) is 0 Å². The molecule has 1 aromatic rings. The van der Waals surface area contributed by atoms with Gasteiger partial charge in [-0.1, -0.05) is 82.4 Å². The van der Waals surface area contributed by atoms with E-state index in [0.29, 0.717) is 0 Å². The van der Waals surface area contributed by atoms with Gasteiger partial charge in [-0.05, 0) is 99.0 Å². The van der Waals surface area contributed by atoms with Crippen molar-refractivity contribution in [2.75, 3.05) is 0 Å². The third-order valence-electron chi connectivity index (χ3n) is 8.11. The van der Waals surface area contributed by atoms with Crippen molar-refractivity contribution in [1.29, 1.82) is 0 Å². The van der Waals surface area contributed by atoms with E-state index in [9.17, 15) is 0 Å². The molecule has 1 aromatic carbocycles. The van der Waals surface area contributed by atoms with Crippen molar-refractivity contribution in [2.45, 2.75) is 110 Å². The van der Waals surface area contributed by atoms with Gasteiger partial charge < -0.3 is 0 Å². The van der Waals surface area contributed by atoms with Crippen LogP contribution in [0.5, 0.6) is 0 Å². The molecule has 29 heavy (non-hydrogen) atoms. The van der Waals surface area contributed by atoms with E-state index < -0.39 is 0 Å². The number of rotatable bonds is 10. The maximum atomic E-state index is 2.48. The van der Waals surface area contributed by atoms with E-state index in [-0.39, 0.29) is 0 Å². The van der Waals surface area contributed by atoms with Crippen molar-refractivity contribution in [3.8, 4) is 0 Å². The molecule has 162 valence electrons. The van der Waals surface area contributed by atoms with Crippen LogP contribution in [-0.2, 0) is 12.8 Å². The summed E-state index contributed by atoms with van der Waals surface area (Å²) < 4.78 is 0. The minimum atomic E-state index is 0.954. The average Bonchev–Trinajstić information content (AvgIpc) is 2.78. The third kappa shape index (κ3) is 7.62. The Hall–Kier alpha value is -1.04. The van der Waals surface area contributed by atoms with Crippen LogP contribution in [0.4, 0.5) is 0 Å². The highest BCUT2D eigenvalue weighted by Crippen LogP contribution is 2.42. The second-order valence-electron chi connectivity index (χ2n) is 10.2. The highest BCUT2D eigenvalue weighted by Gasteiger charge is 2.30. The Kier molecular flexibility index (Phi) is 9.84. The van der Waals surface area contributed by atoms with Gasteiger partial charge in [-0.15, -0.1) is 0 Å². The first-order valence-corrected chi connectivity index (χ1v) is 13.0. The summed E-state index contributed by atoms with van der Waals surface area (Å²) in [7, 11) is 0. The number of benzene rings is 1. The first-order chi connectivity index (χ1) is 14.3. The van der Waals surface area contributed by atoms with E-state index >= 15 is 0 Å². The lowest BCUT2D eigenvalue weighted by molar-refractivity contribution is 0.145. The summed E-state index contributed by atoms with van der Waals surface area (Å²) >= 11 is 0. The zero-order valence-corrected chi connectivity index (χ0v) is 19.4. The molecular weight excluding hydrogens is 348 g/mol. The average molecular weight is 395 g/mol. The molecule has 0 heteroatoms. The van der Waals surface area contributed by atoms with Gasteiger partial charge in [0, 0.05) is 0 Å². The minimum Gasteiger partial charge on any atom is -0.0879 e. The third-order valence-corrected chi connectivity index (χ3v) is 8.11. The van der Waals surface area contributed by atoms with Crippen molar-refractivity contribution in [3.63, 3.8) is 0 Å². The van der Waals surface area contributed by atoms with E-state index in [4.69, 9.17) is 0 Å². The van der Waals surface area contributed by atoms with Crippen molar-refractivity contribution in [1.82, 2.24) is 0 Å². The normalized spacial score (nSPS) is 28.1. The Morgan fingerprint density at radius 2 is 1.28 bits per heavy atom. The molecule has 0 aromatic heterocycles. The van der Waals surface area contributed by atoms with Crippen LogP contribution in [0, 0.1) is 23.7 Å². The number of aryl methyl sites for hydroxylation is 1. The lowest BCUT2D eigenvalue weighted by Crippen LogP contribution is -2.25. The van der Waals surface area contributed by atoms with Gasteiger partial charge in [-0.25, -0.2) is 0 Å². The summed E-state index contributed by atoms with van der Waals surface area (Å²) in [4.78, 5) is 0. The highest BCUT2D eigenvalue weighted by atomic mass is 14.4. The molecule has 2 fully saturated rings. The Morgan fingerprint density at radius 1 is 0.690 bits per heavy atom. The van der Waals surface area contributed by atoms with Crippen LogP contribution in [0.3, 0.4) is 0 Å². The fourth-order valence-corrected chi connectivity index (χ4v) is 5.89. The Labute approximate surface area is 181 Å². The maximum absolute atomic E-state index is 2.48. The lowest BCUT2D eigenvalue weighted by atomic mass is 9.68. The van der Waals surface area contributed by atoms with Gasteiger partial charge in [0.1, 0.15) is 0 Å². The number of allylic oxidation sites excluding steroid dienone is 2. The van der Waals surface area contributed by atoms with E-state index in [1.807, 2.05) is 0 Å². The molecule has 0 amide bonds. The fourth-order valence-electron chi connectivity index (χ4n) is 5.89. The van der Waals surface area contributed by atoms with Gasteiger partial charge in [0.25, 0.3) is 0 Å². The van der Waals surface area contributed by atoms with Gasteiger partial charge in [-0.3, -0.25) is 0 Å². The predicted octanol–water partition coefficient (Wildman–Crippen LogP) is 8.93. The Morgan fingerprint density at radius 3 is 1.86 bits per heavy atom. The summed E-state index contributed by atoms with van der Waals surface area (Å²) in [5, 5.41) is 0. The number of hydrogen-bond acceptors (Lipinski definition) is 0. The standard InChI is InChI=1S/C29H46/c1-3-5-6-9-25-12-14-26(15-13-25)10-7-8-11-27-18-22-29(23-19-27)28-20-16-24(4-2)17-21-28/h7-8,12-15,24,27-29H,3-6,9-11,16-23H2,1-2H3. The van der Waals surface area contributed by atoms with Crippen molar-refractivity contribution >= 4 is 0 Å². The molecule has 2 saturated carbocycles. The molecule has 0 saturated heterocycles. The fraction of sp³-hybridized carbons (Fsp3) is 0.724. The Balaban J connectivity index is 1.30. The van der Waals surface area contributed by atoms with E-state index in [2.05, 4.69) is 50.3 Å². The number of hydrogen-bond donors (Lipinski definition) is 0. The van der Waals surface area contributed by atoms with Crippen LogP contribution >= 0.6 is 0 Å². The quantitative estimate of drug-likeness (QED) is 0.274. The van der Waals surface area contributed by atoms with Gasteiger partial charge in [0.2, 0.25) is 0 Å². The minimum absolute atomic E-state index is 0.954. The van der Waals surface area contributed by atoms with Crippen molar-refractivity contribution in [3.05, 3.63) is 47.5 Å². The van der Waals surface area contributed by atoms with Gasteiger partial charge in [0.05, 0.1) is 0 Å². The predicted molar refractivity (Wildman–Crippen MR) is 128 cm³/mol. The maximum Gasteiger partial charge on any atom is -0.00975 e. The van der Waals surface area contributed by atoms with Crippen LogP contribution in [0.25, 0.3) is 0 Å². The summed E-state index contributed by atoms with van der Waals surface area (Å²) in [6.45, 7) is 4.66. The van der Waals surface area contributed by atoms with Crippen LogP contribution in [0.1, 0.15) is 108 Å². The second-order valence-corrected chi connectivity index (χ2v) is 10.2. The van der Waals surface area contributed by atoms with Crippen LogP contribution in [0.2, 0.25) is 0 Å². The smallest absolute Gasteiger partial charge is 0.00975 e. The van der Waals surface area contributed by atoms with Gasteiger partial charge in [0.15, 0.2) is 0 Å². The topological polar surface area (TPSA) is 0 Å². The molecule has 0 bridgehead atoms.